The number of carbonyl (C=O) groups is 1. The molecule has 2 rings (SSSR count). The number of aryl methyl sites for hydroxylation is 2. The number of benzene rings is 1. The van der Waals surface area contributed by atoms with Crippen molar-refractivity contribution in [2.24, 2.45) is 11.7 Å². The summed E-state index contributed by atoms with van der Waals surface area (Å²) < 4.78 is 5.69. The zero-order chi connectivity index (χ0) is 15.4. The molecule has 2 atom stereocenters. The second-order valence-corrected chi connectivity index (χ2v) is 6.16. The molecule has 1 aromatic rings. The van der Waals surface area contributed by atoms with Gasteiger partial charge in [0.15, 0.2) is 6.61 Å². The van der Waals surface area contributed by atoms with Gasteiger partial charge in [0.25, 0.3) is 5.91 Å². The second kappa shape index (κ2) is 8.39. The fraction of sp³-hybridized carbons (Fsp3) is 0.588. The summed E-state index contributed by atoms with van der Waals surface area (Å²) in [6.45, 7) is 7.67. The van der Waals surface area contributed by atoms with Crippen LogP contribution in [0.2, 0.25) is 0 Å². The van der Waals surface area contributed by atoms with Crippen LogP contribution in [0.4, 0.5) is 0 Å². The molecule has 22 heavy (non-hydrogen) atoms. The minimum Gasteiger partial charge on any atom is -0.484 e. The van der Waals surface area contributed by atoms with Crippen LogP contribution in [0, 0.1) is 19.8 Å². The third-order valence-electron chi connectivity index (χ3n) is 4.25. The Hall–Kier alpha value is -1.26. The Morgan fingerprint density at radius 3 is 2.77 bits per heavy atom. The van der Waals surface area contributed by atoms with Crippen LogP contribution < -0.4 is 10.5 Å². The first-order valence-corrected chi connectivity index (χ1v) is 7.71. The third-order valence-corrected chi connectivity index (χ3v) is 4.25. The van der Waals surface area contributed by atoms with Crippen LogP contribution in [0.1, 0.15) is 30.9 Å². The maximum absolute atomic E-state index is 12.4. The average Bonchev–Trinajstić information content (AvgIpc) is 2.45. The first-order valence-electron chi connectivity index (χ1n) is 7.71. The highest BCUT2D eigenvalue weighted by Crippen LogP contribution is 2.23. The van der Waals surface area contributed by atoms with Crippen molar-refractivity contribution in [2.75, 3.05) is 19.7 Å². The summed E-state index contributed by atoms with van der Waals surface area (Å²) in [7, 11) is 0. The molecule has 0 aliphatic carbocycles. The number of hydrogen-bond donors (Lipinski definition) is 1. The molecule has 2 N–H and O–H groups in total. The number of hydrogen-bond acceptors (Lipinski definition) is 3. The highest BCUT2D eigenvalue weighted by atomic mass is 35.5. The van der Waals surface area contributed by atoms with Gasteiger partial charge in [0, 0.05) is 19.1 Å². The minimum absolute atomic E-state index is 0. The minimum atomic E-state index is 0. The van der Waals surface area contributed by atoms with Crippen molar-refractivity contribution >= 4 is 18.3 Å². The highest BCUT2D eigenvalue weighted by molar-refractivity contribution is 5.85. The van der Waals surface area contributed by atoms with E-state index in [1.54, 1.807) is 0 Å². The fourth-order valence-corrected chi connectivity index (χ4v) is 2.99. The molecule has 0 saturated carbocycles. The van der Waals surface area contributed by atoms with E-state index in [0.717, 1.165) is 30.7 Å². The molecule has 4 nitrogen and oxygen atoms in total. The van der Waals surface area contributed by atoms with Gasteiger partial charge in [-0.1, -0.05) is 24.6 Å². The molecule has 1 amide bonds. The van der Waals surface area contributed by atoms with Crippen LogP contribution in [-0.4, -0.2) is 36.5 Å². The molecule has 1 aromatic carbocycles. The number of piperidine rings is 1. The Bertz CT molecular complexity index is 507. The Morgan fingerprint density at radius 1 is 1.41 bits per heavy atom. The Balaban J connectivity index is 0.00000242. The van der Waals surface area contributed by atoms with Crippen molar-refractivity contribution < 1.29 is 9.53 Å². The summed E-state index contributed by atoms with van der Waals surface area (Å²) >= 11 is 0. The summed E-state index contributed by atoms with van der Waals surface area (Å²) in [4.78, 5) is 14.3. The first-order chi connectivity index (χ1) is 10.0. The lowest BCUT2D eigenvalue weighted by atomic mass is 9.92. The van der Waals surface area contributed by atoms with Gasteiger partial charge in [-0.25, -0.2) is 0 Å². The Kier molecular flexibility index (Phi) is 7.17. The van der Waals surface area contributed by atoms with Gasteiger partial charge in [-0.3, -0.25) is 4.79 Å². The van der Waals surface area contributed by atoms with Gasteiger partial charge in [0.1, 0.15) is 5.75 Å². The monoisotopic (exact) mass is 326 g/mol. The molecule has 1 fully saturated rings. The molecule has 1 heterocycles. The van der Waals surface area contributed by atoms with Crippen LogP contribution in [0.25, 0.3) is 0 Å². The molecule has 1 aliphatic heterocycles. The smallest absolute Gasteiger partial charge is 0.260 e. The molecule has 124 valence electrons. The predicted molar refractivity (Wildman–Crippen MR) is 91.6 cm³/mol. The van der Waals surface area contributed by atoms with Crippen LogP contribution in [0.3, 0.4) is 0 Å². The topological polar surface area (TPSA) is 55.6 Å². The molecule has 1 saturated heterocycles. The lowest BCUT2D eigenvalue weighted by Crippen LogP contribution is -2.50. The van der Waals surface area contributed by atoms with Crippen LogP contribution >= 0.6 is 12.4 Å². The summed E-state index contributed by atoms with van der Waals surface area (Å²) in [6.07, 6.45) is 2.04. The van der Waals surface area contributed by atoms with E-state index in [1.165, 1.54) is 5.56 Å². The zero-order valence-corrected chi connectivity index (χ0v) is 14.5. The lowest BCUT2D eigenvalue weighted by molar-refractivity contribution is -0.137. The molecule has 0 bridgehead atoms. The molecular weight excluding hydrogens is 300 g/mol. The number of carbonyl (C=O) groups excluding carboxylic acids is 1. The molecule has 0 spiro atoms. The maximum Gasteiger partial charge on any atom is 0.260 e. The van der Waals surface area contributed by atoms with Crippen molar-refractivity contribution in [3.05, 3.63) is 29.3 Å². The molecular formula is C17H27ClN2O2. The van der Waals surface area contributed by atoms with Crippen molar-refractivity contribution in [3.63, 3.8) is 0 Å². The standard InChI is InChI=1S/C17H26N2O2.ClH/c1-12-4-5-16(14(3)8-12)21-11-17(20)19-7-6-13(2)9-15(19)10-18;/h4-5,8,13,15H,6-7,9-11,18H2,1-3H3;1H. The first kappa shape index (κ1) is 18.8. The zero-order valence-electron chi connectivity index (χ0n) is 13.7. The van der Waals surface area contributed by atoms with Crippen molar-refractivity contribution in [1.29, 1.82) is 0 Å². The fourth-order valence-electron chi connectivity index (χ4n) is 2.99. The SMILES string of the molecule is Cc1ccc(OCC(=O)N2CCC(C)CC2CN)c(C)c1.Cl. The van der Waals surface area contributed by atoms with E-state index in [-0.39, 0.29) is 31.0 Å². The van der Waals surface area contributed by atoms with Crippen LogP contribution in [0.15, 0.2) is 18.2 Å². The van der Waals surface area contributed by atoms with Gasteiger partial charge in [0.2, 0.25) is 0 Å². The van der Waals surface area contributed by atoms with Crippen LogP contribution in [0.5, 0.6) is 5.75 Å². The third kappa shape index (κ3) is 4.62. The molecule has 1 aliphatic rings. The number of nitrogens with two attached hydrogens (primary N) is 1. The predicted octanol–water partition coefficient (Wildman–Crippen LogP) is 2.69. The van der Waals surface area contributed by atoms with Crippen molar-refractivity contribution in [1.82, 2.24) is 4.90 Å². The number of likely N-dealkylation sites (tertiary alicyclic amines) is 1. The van der Waals surface area contributed by atoms with Gasteiger partial charge in [-0.05, 0) is 44.2 Å². The summed E-state index contributed by atoms with van der Waals surface area (Å²) in [5.41, 5.74) is 8.06. The molecule has 5 heteroatoms. The van der Waals surface area contributed by atoms with Gasteiger partial charge in [-0.15, -0.1) is 12.4 Å². The number of rotatable bonds is 4. The lowest BCUT2D eigenvalue weighted by Gasteiger charge is -2.37. The number of nitrogens with zero attached hydrogens (tertiary/aromatic N) is 1. The van der Waals surface area contributed by atoms with E-state index in [0.29, 0.717) is 12.5 Å². The van der Waals surface area contributed by atoms with Gasteiger partial charge >= 0.3 is 0 Å². The molecule has 0 aromatic heterocycles. The van der Waals surface area contributed by atoms with E-state index in [4.69, 9.17) is 10.5 Å². The highest BCUT2D eigenvalue weighted by Gasteiger charge is 2.29. The van der Waals surface area contributed by atoms with E-state index in [9.17, 15) is 4.79 Å². The van der Waals surface area contributed by atoms with Gasteiger partial charge < -0.3 is 15.4 Å². The normalized spacial score (nSPS) is 21.2. The Morgan fingerprint density at radius 2 is 2.14 bits per heavy atom. The van der Waals surface area contributed by atoms with E-state index >= 15 is 0 Å². The number of amides is 1. The molecule has 2 unspecified atom stereocenters. The van der Waals surface area contributed by atoms with Crippen molar-refractivity contribution in [2.45, 2.75) is 39.7 Å². The quantitative estimate of drug-likeness (QED) is 0.925. The summed E-state index contributed by atoms with van der Waals surface area (Å²) in [5, 5.41) is 0. The van der Waals surface area contributed by atoms with E-state index in [1.807, 2.05) is 30.9 Å². The number of ether oxygens (including phenoxy) is 1. The number of halogens is 1. The molecule has 0 radical (unpaired) electrons. The average molecular weight is 327 g/mol. The van der Waals surface area contributed by atoms with Gasteiger partial charge in [0.05, 0.1) is 0 Å². The second-order valence-electron chi connectivity index (χ2n) is 6.16. The van der Waals surface area contributed by atoms with Crippen molar-refractivity contribution in [3.8, 4) is 5.75 Å². The van der Waals surface area contributed by atoms with Gasteiger partial charge in [-0.2, -0.15) is 0 Å². The summed E-state index contributed by atoms with van der Waals surface area (Å²) in [6, 6.07) is 6.14. The van der Waals surface area contributed by atoms with Crippen LogP contribution in [-0.2, 0) is 4.79 Å². The Labute approximate surface area is 139 Å². The maximum atomic E-state index is 12.4. The van der Waals surface area contributed by atoms with E-state index < -0.39 is 0 Å². The largest absolute Gasteiger partial charge is 0.484 e. The van der Waals surface area contributed by atoms with E-state index in [2.05, 4.69) is 13.0 Å². The summed E-state index contributed by atoms with van der Waals surface area (Å²) in [5.74, 6) is 1.46.